The molecule has 0 saturated carbocycles. The predicted molar refractivity (Wildman–Crippen MR) is 67.4 cm³/mol. The average molecular weight is 229 g/mol. The maximum absolute atomic E-state index is 11.3. The summed E-state index contributed by atoms with van der Waals surface area (Å²) in [5, 5.41) is 3.30. The third-order valence-corrected chi connectivity index (χ3v) is 2.40. The van der Waals surface area contributed by atoms with E-state index in [0.717, 1.165) is 38.3 Å². The van der Waals surface area contributed by atoms with Gasteiger partial charge < -0.3 is 10.1 Å². The minimum absolute atomic E-state index is 0.0171. The highest BCUT2D eigenvalue weighted by molar-refractivity contribution is 5.69. The SMILES string of the molecule is CCCCC(=O)OC(C)CNCCC(C)C. The monoisotopic (exact) mass is 229 g/mol. The Morgan fingerprint density at radius 1 is 1.31 bits per heavy atom. The molecule has 16 heavy (non-hydrogen) atoms. The van der Waals surface area contributed by atoms with E-state index in [4.69, 9.17) is 4.74 Å². The molecule has 0 bridgehead atoms. The molecular weight excluding hydrogens is 202 g/mol. The number of rotatable bonds is 9. The Morgan fingerprint density at radius 3 is 2.56 bits per heavy atom. The van der Waals surface area contributed by atoms with Crippen LogP contribution in [0, 0.1) is 5.92 Å². The number of carbonyl (C=O) groups is 1. The highest BCUT2D eigenvalue weighted by atomic mass is 16.5. The van der Waals surface area contributed by atoms with Crippen molar-refractivity contribution in [2.75, 3.05) is 13.1 Å². The number of ether oxygens (including phenoxy) is 1. The zero-order chi connectivity index (χ0) is 12.4. The number of hydrogen-bond donors (Lipinski definition) is 1. The maximum Gasteiger partial charge on any atom is 0.306 e. The highest BCUT2D eigenvalue weighted by Gasteiger charge is 2.08. The third kappa shape index (κ3) is 9.97. The van der Waals surface area contributed by atoms with E-state index in [0.29, 0.717) is 6.42 Å². The average Bonchev–Trinajstić information content (AvgIpc) is 2.21. The van der Waals surface area contributed by atoms with Crippen LogP contribution < -0.4 is 5.32 Å². The molecule has 0 amide bonds. The Bertz CT molecular complexity index is 181. The van der Waals surface area contributed by atoms with Gasteiger partial charge in [0.2, 0.25) is 0 Å². The molecule has 0 aromatic heterocycles. The van der Waals surface area contributed by atoms with E-state index >= 15 is 0 Å². The molecule has 0 radical (unpaired) electrons. The summed E-state index contributed by atoms with van der Waals surface area (Å²) in [6, 6.07) is 0. The van der Waals surface area contributed by atoms with Crippen LogP contribution in [0.15, 0.2) is 0 Å². The second kappa shape index (κ2) is 9.64. The lowest BCUT2D eigenvalue weighted by molar-refractivity contribution is -0.148. The van der Waals surface area contributed by atoms with Crippen LogP contribution in [-0.2, 0) is 9.53 Å². The van der Waals surface area contributed by atoms with Crippen molar-refractivity contribution in [2.24, 2.45) is 5.92 Å². The van der Waals surface area contributed by atoms with Gasteiger partial charge in [0.05, 0.1) is 0 Å². The molecule has 0 heterocycles. The van der Waals surface area contributed by atoms with E-state index in [1.807, 2.05) is 6.92 Å². The van der Waals surface area contributed by atoms with Gasteiger partial charge in [-0.3, -0.25) is 4.79 Å². The second-order valence-electron chi connectivity index (χ2n) is 4.79. The molecule has 0 aliphatic heterocycles. The molecule has 0 aromatic rings. The van der Waals surface area contributed by atoms with Gasteiger partial charge >= 0.3 is 5.97 Å². The molecule has 0 fully saturated rings. The van der Waals surface area contributed by atoms with E-state index in [9.17, 15) is 4.79 Å². The molecule has 96 valence electrons. The van der Waals surface area contributed by atoms with Gasteiger partial charge in [-0.25, -0.2) is 0 Å². The lowest BCUT2D eigenvalue weighted by Crippen LogP contribution is -2.29. The first kappa shape index (κ1) is 15.4. The van der Waals surface area contributed by atoms with Gasteiger partial charge in [0.15, 0.2) is 0 Å². The van der Waals surface area contributed by atoms with Gasteiger partial charge in [-0.05, 0) is 32.2 Å². The van der Waals surface area contributed by atoms with E-state index < -0.39 is 0 Å². The Balaban J connectivity index is 3.43. The summed E-state index contributed by atoms with van der Waals surface area (Å²) in [7, 11) is 0. The Hall–Kier alpha value is -0.570. The van der Waals surface area contributed by atoms with E-state index in [2.05, 4.69) is 26.1 Å². The van der Waals surface area contributed by atoms with Gasteiger partial charge in [-0.1, -0.05) is 27.2 Å². The third-order valence-electron chi connectivity index (χ3n) is 2.40. The predicted octanol–water partition coefficient (Wildman–Crippen LogP) is 2.74. The topological polar surface area (TPSA) is 38.3 Å². The molecule has 0 aliphatic carbocycles. The molecule has 0 saturated heterocycles. The van der Waals surface area contributed by atoms with Crippen LogP contribution in [0.5, 0.6) is 0 Å². The molecule has 1 atom stereocenters. The Labute approximate surface area is 99.9 Å². The van der Waals surface area contributed by atoms with Gasteiger partial charge in [0.1, 0.15) is 6.10 Å². The van der Waals surface area contributed by atoms with Crippen molar-refractivity contribution in [1.82, 2.24) is 5.32 Å². The van der Waals surface area contributed by atoms with Gasteiger partial charge in [0, 0.05) is 13.0 Å². The summed E-state index contributed by atoms with van der Waals surface area (Å²) in [5.74, 6) is 0.648. The molecule has 1 unspecified atom stereocenters. The molecule has 0 aliphatic rings. The summed E-state index contributed by atoms with van der Waals surface area (Å²) in [4.78, 5) is 11.3. The number of carbonyl (C=O) groups excluding carboxylic acids is 1. The zero-order valence-electron chi connectivity index (χ0n) is 11.2. The Kier molecular flexibility index (Phi) is 9.30. The fourth-order valence-electron chi connectivity index (χ4n) is 1.34. The molecule has 3 nitrogen and oxygen atoms in total. The van der Waals surface area contributed by atoms with Crippen LogP contribution in [0.4, 0.5) is 0 Å². The number of nitrogens with one attached hydrogen (secondary N) is 1. The minimum Gasteiger partial charge on any atom is -0.461 e. The summed E-state index contributed by atoms with van der Waals surface area (Å²) in [6.45, 7) is 10.2. The standard InChI is InChI=1S/C13H27NO2/c1-5-6-7-13(15)16-12(4)10-14-9-8-11(2)3/h11-12,14H,5-10H2,1-4H3. The first-order valence-corrected chi connectivity index (χ1v) is 6.46. The first-order valence-electron chi connectivity index (χ1n) is 6.46. The highest BCUT2D eigenvalue weighted by Crippen LogP contribution is 2.00. The summed E-state index contributed by atoms with van der Waals surface area (Å²) in [6.07, 6.45) is 3.66. The molecular formula is C13H27NO2. The fraction of sp³-hybridized carbons (Fsp3) is 0.923. The minimum atomic E-state index is -0.0694. The lowest BCUT2D eigenvalue weighted by Gasteiger charge is -2.14. The first-order chi connectivity index (χ1) is 7.56. The van der Waals surface area contributed by atoms with Crippen LogP contribution in [0.2, 0.25) is 0 Å². The van der Waals surface area contributed by atoms with E-state index in [1.165, 1.54) is 0 Å². The van der Waals surface area contributed by atoms with Crippen molar-refractivity contribution in [3.8, 4) is 0 Å². The van der Waals surface area contributed by atoms with Crippen LogP contribution in [0.1, 0.15) is 53.4 Å². The number of esters is 1. The molecule has 1 N–H and O–H groups in total. The van der Waals surface area contributed by atoms with Crippen LogP contribution in [0.3, 0.4) is 0 Å². The van der Waals surface area contributed by atoms with Gasteiger partial charge in [0.25, 0.3) is 0 Å². The molecule has 0 spiro atoms. The lowest BCUT2D eigenvalue weighted by atomic mass is 10.1. The van der Waals surface area contributed by atoms with Gasteiger partial charge in [-0.2, -0.15) is 0 Å². The Morgan fingerprint density at radius 2 is 2.00 bits per heavy atom. The summed E-state index contributed by atoms with van der Waals surface area (Å²) < 4.78 is 5.26. The van der Waals surface area contributed by atoms with Crippen molar-refractivity contribution < 1.29 is 9.53 Å². The van der Waals surface area contributed by atoms with Crippen LogP contribution in [-0.4, -0.2) is 25.2 Å². The molecule has 0 rings (SSSR count). The molecule has 0 aromatic carbocycles. The number of hydrogen-bond acceptors (Lipinski definition) is 3. The van der Waals surface area contributed by atoms with Crippen molar-refractivity contribution in [1.29, 1.82) is 0 Å². The van der Waals surface area contributed by atoms with Gasteiger partial charge in [-0.15, -0.1) is 0 Å². The summed E-state index contributed by atoms with van der Waals surface area (Å²) >= 11 is 0. The van der Waals surface area contributed by atoms with E-state index in [-0.39, 0.29) is 12.1 Å². The van der Waals surface area contributed by atoms with Crippen molar-refractivity contribution in [3.05, 3.63) is 0 Å². The zero-order valence-corrected chi connectivity index (χ0v) is 11.2. The quantitative estimate of drug-likeness (QED) is 0.488. The summed E-state index contributed by atoms with van der Waals surface area (Å²) in [5.41, 5.74) is 0. The normalized spacial score (nSPS) is 12.8. The van der Waals surface area contributed by atoms with Crippen molar-refractivity contribution in [2.45, 2.75) is 59.5 Å². The molecule has 3 heteroatoms. The van der Waals surface area contributed by atoms with Crippen molar-refractivity contribution >= 4 is 5.97 Å². The largest absolute Gasteiger partial charge is 0.461 e. The van der Waals surface area contributed by atoms with Crippen LogP contribution in [0.25, 0.3) is 0 Å². The van der Waals surface area contributed by atoms with Crippen molar-refractivity contribution in [3.63, 3.8) is 0 Å². The van der Waals surface area contributed by atoms with Crippen LogP contribution >= 0.6 is 0 Å². The number of unbranched alkanes of at least 4 members (excludes halogenated alkanes) is 1. The van der Waals surface area contributed by atoms with E-state index in [1.54, 1.807) is 0 Å². The smallest absolute Gasteiger partial charge is 0.306 e. The fourth-order valence-corrected chi connectivity index (χ4v) is 1.34. The second-order valence-corrected chi connectivity index (χ2v) is 4.79. The maximum atomic E-state index is 11.3.